The van der Waals surface area contributed by atoms with Crippen molar-refractivity contribution in [1.82, 2.24) is 15.6 Å². The van der Waals surface area contributed by atoms with Crippen molar-refractivity contribution in [2.45, 2.75) is 52.8 Å². The number of hydrogen-bond acceptors (Lipinski definition) is 5. The monoisotopic (exact) mass is 426 g/mol. The molecule has 1 unspecified atom stereocenters. The minimum absolute atomic E-state index is 0.124. The zero-order valence-corrected chi connectivity index (χ0v) is 18.8. The molecule has 168 valence electrons. The molecule has 1 aromatic heterocycles. The van der Waals surface area contributed by atoms with Gasteiger partial charge in [0, 0.05) is 37.3 Å². The van der Waals surface area contributed by atoms with Crippen LogP contribution in [0.3, 0.4) is 0 Å². The van der Waals surface area contributed by atoms with Crippen molar-refractivity contribution < 1.29 is 14.2 Å². The first kappa shape index (κ1) is 22.9. The van der Waals surface area contributed by atoms with Crippen LogP contribution in [0.5, 0.6) is 11.6 Å². The summed E-state index contributed by atoms with van der Waals surface area (Å²) >= 11 is 0. The van der Waals surface area contributed by atoms with E-state index < -0.39 is 0 Å². The van der Waals surface area contributed by atoms with Gasteiger partial charge in [0.25, 0.3) is 0 Å². The van der Waals surface area contributed by atoms with E-state index in [4.69, 9.17) is 19.2 Å². The highest BCUT2D eigenvalue weighted by Gasteiger charge is 2.18. The lowest BCUT2D eigenvalue weighted by Gasteiger charge is -2.18. The van der Waals surface area contributed by atoms with E-state index in [1.54, 1.807) is 0 Å². The molecule has 2 N–H and O–H groups in total. The number of aliphatic imine (C=N–C) groups is 1. The Hall–Kier alpha value is -2.80. The molecule has 1 aliphatic rings. The van der Waals surface area contributed by atoms with Crippen LogP contribution in [0.15, 0.2) is 41.5 Å². The van der Waals surface area contributed by atoms with Crippen molar-refractivity contribution in [2.75, 3.05) is 26.4 Å². The number of benzene rings is 1. The maximum atomic E-state index is 6.20. The Bertz CT molecular complexity index is 833. The fourth-order valence-electron chi connectivity index (χ4n) is 3.19. The van der Waals surface area contributed by atoms with Crippen molar-refractivity contribution in [3.05, 3.63) is 53.2 Å². The highest BCUT2D eigenvalue weighted by molar-refractivity contribution is 5.79. The molecule has 0 amide bonds. The number of guanidine groups is 1. The SMILES string of the molecule is CCCOc1ccc(CN=C(NCC)NCc2ccc(C)cc2OC2CCOC2)cn1. The molecule has 31 heavy (non-hydrogen) atoms. The molecule has 2 aromatic rings. The molecule has 1 aliphatic heterocycles. The Kier molecular flexibility index (Phi) is 8.97. The molecular weight excluding hydrogens is 392 g/mol. The van der Waals surface area contributed by atoms with Crippen molar-refractivity contribution in [2.24, 2.45) is 4.99 Å². The van der Waals surface area contributed by atoms with E-state index in [9.17, 15) is 0 Å². The summed E-state index contributed by atoms with van der Waals surface area (Å²) in [6.07, 6.45) is 3.84. The van der Waals surface area contributed by atoms with Gasteiger partial charge < -0.3 is 24.8 Å². The van der Waals surface area contributed by atoms with Gasteiger partial charge in [0.05, 0.1) is 26.4 Å². The first-order valence-electron chi connectivity index (χ1n) is 11.1. The van der Waals surface area contributed by atoms with E-state index in [1.165, 1.54) is 5.56 Å². The molecule has 0 saturated carbocycles. The summed E-state index contributed by atoms with van der Waals surface area (Å²) in [5.74, 6) is 2.31. The minimum atomic E-state index is 0.124. The maximum Gasteiger partial charge on any atom is 0.213 e. The number of pyridine rings is 1. The van der Waals surface area contributed by atoms with Crippen LogP contribution >= 0.6 is 0 Å². The number of ether oxygens (including phenoxy) is 3. The third kappa shape index (κ3) is 7.43. The zero-order chi connectivity index (χ0) is 21.9. The third-order valence-electron chi connectivity index (χ3n) is 4.87. The topological polar surface area (TPSA) is 77.0 Å². The number of aromatic nitrogens is 1. The Morgan fingerprint density at radius 3 is 2.84 bits per heavy atom. The van der Waals surface area contributed by atoms with Gasteiger partial charge in [0.1, 0.15) is 11.9 Å². The minimum Gasteiger partial charge on any atom is -0.488 e. The standard InChI is InChI=1S/C24H34N4O3/c1-4-11-30-23-9-7-19(14-26-23)15-27-24(25-5-2)28-16-20-8-6-18(3)13-22(20)31-21-10-12-29-17-21/h6-9,13-14,21H,4-5,10-12,15-17H2,1-3H3,(H2,25,27,28). The molecular formula is C24H34N4O3. The Balaban J connectivity index is 1.61. The lowest BCUT2D eigenvalue weighted by atomic mass is 10.1. The van der Waals surface area contributed by atoms with Crippen LogP contribution in [0.2, 0.25) is 0 Å². The van der Waals surface area contributed by atoms with Gasteiger partial charge in [-0.25, -0.2) is 9.98 Å². The fraction of sp³-hybridized carbons (Fsp3) is 0.500. The molecule has 1 fully saturated rings. The lowest BCUT2D eigenvalue weighted by molar-refractivity contribution is 0.140. The number of nitrogens with zero attached hydrogens (tertiary/aromatic N) is 2. The molecule has 2 heterocycles. The Morgan fingerprint density at radius 1 is 1.23 bits per heavy atom. The third-order valence-corrected chi connectivity index (χ3v) is 4.87. The van der Waals surface area contributed by atoms with Crippen LogP contribution in [0.25, 0.3) is 0 Å². The highest BCUT2D eigenvalue weighted by atomic mass is 16.5. The van der Waals surface area contributed by atoms with Crippen LogP contribution in [0.4, 0.5) is 0 Å². The molecule has 7 nitrogen and oxygen atoms in total. The zero-order valence-electron chi connectivity index (χ0n) is 18.8. The molecule has 1 aromatic carbocycles. The van der Waals surface area contributed by atoms with Gasteiger partial charge in [-0.05, 0) is 37.5 Å². The van der Waals surface area contributed by atoms with Crippen molar-refractivity contribution in [3.8, 4) is 11.6 Å². The van der Waals surface area contributed by atoms with E-state index in [2.05, 4.69) is 54.6 Å². The van der Waals surface area contributed by atoms with Crippen LogP contribution in [-0.4, -0.2) is 43.4 Å². The second-order valence-corrected chi connectivity index (χ2v) is 7.62. The van der Waals surface area contributed by atoms with Crippen molar-refractivity contribution >= 4 is 5.96 Å². The van der Waals surface area contributed by atoms with Gasteiger partial charge in [-0.1, -0.05) is 25.1 Å². The quantitative estimate of drug-likeness (QED) is 0.447. The first-order chi connectivity index (χ1) is 15.2. The molecule has 0 aliphatic carbocycles. The van der Waals surface area contributed by atoms with E-state index in [0.717, 1.165) is 48.8 Å². The Morgan fingerprint density at radius 2 is 2.13 bits per heavy atom. The predicted molar refractivity (Wildman–Crippen MR) is 123 cm³/mol. The Labute approximate surface area is 185 Å². The predicted octanol–water partition coefficient (Wildman–Crippen LogP) is 3.60. The van der Waals surface area contributed by atoms with Gasteiger partial charge in [0.2, 0.25) is 5.88 Å². The smallest absolute Gasteiger partial charge is 0.213 e. The second kappa shape index (κ2) is 12.2. The lowest BCUT2D eigenvalue weighted by Crippen LogP contribution is -2.37. The van der Waals surface area contributed by atoms with Crippen LogP contribution in [0.1, 0.15) is 43.4 Å². The molecule has 0 radical (unpaired) electrons. The molecule has 7 heteroatoms. The normalized spacial score (nSPS) is 16.2. The van der Waals surface area contributed by atoms with Gasteiger partial charge in [-0.2, -0.15) is 0 Å². The summed E-state index contributed by atoms with van der Waals surface area (Å²) in [6, 6.07) is 10.2. The van der Waals surface area contributed by atoms with Crippen LogP contribution in [0, 0.1) is 6.92 Å². The summed E-state index contributed by atoms with van der Waals surface area (Å²) in [5.41, 5.74) is 3.31. The van der Waals surface area contributed by atoms with Gasteiger partial charge in [-0.3, -0.25) is 0 Å². The number of aryl methyl sites for hydroxylation is 1. The molecule has 1 atom stereocenters. The van der Waals surface area contributed by atoms with E-state index in [1.807, 2.05) is 18.3 Å². The fourth-order valence-corrected chi connectivity index (χ4v) is 3.19. The molecule has 0 spiro atoms. The number of hydrogen-bond donors (Lipinski definition) is 2. The van der Waals surface area contributed by atoms with Crippen molar-refractivity contribution in [3.63, 3.8) is 0 Å². The summed E-state index contributed by atoms with van der Waals surface area (Å²) in [5, 5.41) is 6.71. The number of nitrogens with one attached hydrogen (secondary N) is 2. The van der Waals surface area contributed by atoms with Crippen LogP contribution < -0.4 is 20.1 Å². The van der Waals surface area contributed by atoms with Gasteiger partial charge >= 0.3 is 0 Å². The second-order valence-electron chi connectivity index (χ2n) is 7.62. The van der Waals surface area contributed by atoms with Gasteiger partial charge in [0.15, 0.2) is 5.96 Å². The summed E-state index contributed by atoms with van der Waals surface area (Å²) < 4.78 is 17.2. The summed E-state index contributed by atoms with van der Waals surface area (Å²) in [7, 11) is 0. The van der Waals surface area contributed by atoms with Crippen LogP contribution in [-0.2, 0) is 17.8 Å². The van der Waals surface area contributed by atoms with E-state index in [0.29, 0.717) is 32.2 Å². The molecule has 0 bridgehead atoms. The van der Waals surface area contributed by atoms with E-state index >= 15 is 0 Å². The largest absolute Gasteiger partial charge is 0.488 e. The number of rotatable bonds is 10. The van der Waals surface area contributed by atoms with Crippen molar-refractivity contribution in [1.29, 1.82) is 0 Å². The van der Waals surface area contributed by atoms with Gasteiger partial charge in [-0.15, -0.1) is 0 Å². The first-order valence-corrected chi connectivity index (χ1v) is 11.1. The van der Waals surface area contributed by atoms with E-state index in [-0.39, 0.29) is 6.10 Å². The molecule has 3 rings (SSSR count). The average molecular weight is 427 g/mol. The maximum absolute atomic E-state index is 6.20. The summed E-state index contributed by atoms with van der Waals surface area (Å²) in [6.45, 7) is 10.2. The summed E-state index contributed by atoms with van der Waals surface area (Å²) in [4.78, 5) is 9.04. The highest BCUT2D eigenvalue weighted by Crippen LogP contribution is 2.23. The molecule has 1 saturated heterocycles. The average Bonchev–Trinajstić information content (AvgIpc) is 3.29.